The van der Waals surface area contributed by atoms with Gasteiger partial charge in [-0.05, 0) is 6.92 Å². The van der Waals surface area contributed by atoms with Gasteiger partial charge in [0.15, 0.2) is 12.4 Å². The van der Waals surface area contributed by atoms with Crippen LogP contribution in [0.5, 0.6) is 0 Å². The largest absolute Gasteiger partial charge is 0.453 e. The number of Topliss-reactive ketones (excluding diaryl/α,β-unsaturated/α-hetero) is 1. The second-order valence-corrected chi connectivity index (χ2v) is 6.29. The molecule has 0 spiro atoms. The van der Waals surface area contributed by atoms with Crippen LogP contribution < -0.4 is 0 Å². The van der Waals surface area contributed by atoms with E-state index in [1.54, 1.807) is 34.8 Å². The highest BCUT2D eigenvalue weighted by molar-refractivity contribution is 7.13. The number of ketones is 1. The van der Waals surface area contributed by atoms with Crippen molar-refractivity contribution < 1.29 is 19.1 Å². The molecule has 6 heteroatoms. The summed E-state index contributed by atoms with van der Waals surface area (Å²) in [6, 6.07) is 0. The van der Waals surface area contributed by atoms with Crippen LogP contribution >= 0.6 is 11.3 Å². The Bertz CT molecular complexity index is 473. The van der Waals surface area contributed by atoms with Gasteiger partial charge in [0.05, 0.1) is 12.3 Å². The number of ether oxygens (including phenoxy) is 2. The highest BCUT2D eigenvalue weighted by Gasteiger charge is 2.24. The number of nitrogens with zero attached hydrogens (tertiary/aromatic N) is 1. The Labute approximate surface area is 116 Å². The summed E-state index contributed by atoms with van der Waals surface area (Å²) in [7, 11) is 1.57. The van der Waals surface area contributed by atoms with Gasteiger partial charge < -0.3 is 9.47 Å². The number of aromatic nitrogens is 1. The molecule has 0 fully saturated rings. The molecule has 1 aromatic heterocycles. The minimum atomic E-state index is -0.510. The topological polar surface area (TPSA) is 65.5 Å². The number of methoxy groups -OCH3 is 1. The lowest BCUT2D eigenvalue weighted by molar-refractivity contribution is -0.129. The Morgan fingerprint density at radius 1 is 1.32 bits per heavy atom. The molecule has 5 nitrogen and oxygen atoms in total. The first kappa shape index (κ1) is 15.8. The van der Waals surface area contributed by atoms with Gasteiger partial charge in [-0.2, -0.15) is 0 Å². The van der Waals surface area contributed by atoms with Crippen molar-refractivity contribution in [2.75, 3.05) is 13.7 Å². The van der Waals surface area contributed by atoms with Gasteiger partial charge in [0.1, 0.15) is 9.88 Å². The van der Waals surface area contributed by atoms with Crippen LogP contribution in [0.2, 0.25) is 0 Å². The van der Waals surface area contributed by atoms with E-state index in [1.807, 2.05) is 0 Å². The third-order valence-corrected chi connectivity index (χ3v) is 3.58. The SMILES string of the molecule is COCc1nc(C)c(C(=O)OCC(=O)C(C)(C)C)s1. The summed E-state index contributed by atoms with van der Waals surface area (Å²) in [4.78, 5) is 28.2. The van der Waals surface area contributed by atoms with E-state index in [0.717, 1.165) is 0 Å². The maximum absolute atomic E-state index is 11.9. The van der Waals surface area contributed by atoms with Crippen LogP contribution in [0.25, 0.3) is 0 Å². The predicted molar refractivity (Wildman–Crippen MR) is 72.3 cm³/mol. The molecule has 106 valence electrons. The van der Waals surface area contributed by atoms with Crippen molar-refractivity contribution in [2.45, 2.75) is 34.3 Å². The molecule has 0 saturated carbocycles. The molecule has 0 aliphatic carbocycles. The number of rotatable bonds is 5. The minimum Gasteiger partial charge on any atom is -0.453 e. The number of aryl methyl sites for hydroxylation is 1. The van der Waals surface area contributed by atoms with Crippen molar-refractivity contribution in [3.63, 3.8) is 0 Å². The Morgan fingerprint density at radius 3 is 2.47 bits per heavy atom. The third-order valence-electron chi connectivity index (χ3n) is 2.46. The predicted octanol–water partition coefficient (Wildman–Crippen LogP) is 2.37. The third kappa shape index (κ3) is 4.40. The smallest absolute Gasteiger partial charge is 0.350 e. The van der Waals surface area contributed by atoms with Crippen LogP contribution in [-0.2, 0) is 20.9 Å². The maximum Gasteiger partial charge on any atom is 0.350 e. The van der Waals surface area contributed by atoms with E-state index in [0.29, 0.717) is 22.2 Å². The minimum absolute atomic E-state index is 0.111. The molecule has 19 heavy (non-hydrogen) atoms. The van der Waals surface area contributed by atoms with Crippen LogP contribution in [0, 0.1) is 12.3 Å². The van der Waals surface area contributed by atoms with E-state index in [2.05, 4.69) is 4.98 Å². The average Bonchev–Trinajstić information content (AvgIpc) is 2.66. The van der Waals surface area contributed by atoms with Gasteiger partial charge in [-0.1, -0.05) is 20.8 Å². The number of esters is 1. The van der Waals surface area contributed by atoms with Gasteiger partial charge in [0.25, 0.3) is 0 Å². The molecule has 0 saturated heterocycles. The van der Waals surface area contributed by atoms with E-state index in [9.17, 15) is 9.59 Å². The van der Waals surface area contributed by atoms with E-state index in [1.165, 1.54) is 11.3 Å². The number of carbonyl (C=O) groups is 2. The Hall–Kier alpha value is -1.27. The van der Waals surface area contributed by atoms with E-state index in [4.69, 9.17) is 9.47 Å². The van der Waals surface area contributed by atoms with Gasteiger partial charge in [-0.3, -0.25) is 4.79 Å². The van der Waals surface area contributed by atoms with Crippen molar-refractivity contribution in [3.05, 3.63) is 15.6 Å². The van der Waals surface area contributed by atoms with Crippen molar-refractivity contribution in [2.24, 2.45) is 5.41 Å². The summed E-state index contributed by atoms with van der Waals surface area (Å²) in [6.07, 6.45) is 0. The van der Waals surface area contributed by atoms with Gasteiger partial charge in [0, 0.05) is 12.5 Å². The van der Waals surface area contributed by atoms with Gasteiger partial charge in [-0.25, -0.2) is 9.78 Å². The highest BCUT2D eigenvalue weighted by Crippen LogP contribution is 2.20. The molecule has 1 aromatic rings. The van der Waals surface area contributed by atoms with Crippen molar-refractivity contribution >= 4 is 23.1 Å². The average molecular weight is 285 g/mol. The molecule has 0 unspecified atom stereocenters. The van der Waals surface area contributed by atoms with Gasteiger partial charge in [-0.15, -0.1) is 11.3 Å². The van der Waals surface area contributed by atoms with Crippen LogP contribution in [0.15, 0.2) is 0 Å². The Balaban J connectivity index is 2.66. The summed E-state index contributed by atoms with van der Waals surface area (Å²) in [6.45, 7) is 7.25. The lowest BCUT2D eigenvalue weighted by Gasteiger charge is -2.15. The summed E-state index contributed by atoms with van der Waals surface area (Å²) in [5, 5.41) is 0.717. The fourth-order valence-corrected chi connectivity index (χ4v) is 2.17. The fourth-order valence-electron chi connectivity index (χ4n) is 1.24. The van der Waals surface area contributed by atoms with Crippen LogP contribution in [0.4, 0.5) is 0 Å². The molecule has 0 radical (unpaired) electrons. The van der Waals surface area contributed by atoms with E-state index < -0.39 is 11.4 Å². The fraction of sp³-hybridized carbons (Fsp3) is 0.615. The summed E-state index contributed by atoms with van der Waals surface area (Å²) in [5.74, 6) is -0.616. The molecule has 0 aliphatic heterocycles. The summed E-state index contributed by atoms with van der Waals surface area (Å²) >= 11 is 1.23. The second kappa shape index (κ2) is 6.25. The molecule has 1 rings (SSSR count). The van der Waals surface area contributed by atoms with Gasteiger partial charge >= 0.3 is 5.97 Å². The summed E-state index contributed by atoms with van der Waals surface area (Å²) < 4.78 is 9.99. The zero-order valence-corrected chi connectivity index (χ0v) is 12.7. The first-order chi connectivity index (χ1) is 8.75. The lowest BCUT2D eigenvalue weighted by Crippen LogP contribution is -2.26. The molecule has 0 aliphatic rings. The molecule has 0 N–H and O–H groups in total. The monoisotopic (exact) mass is 285 g/mol. The number of thiazole rings is 1. The second-order valence-electron chi connectivity index (χ2n) is 5.20. The summed E-state index contributed by atoms with van der Waals surface area (Å²) in [5.41, 5.74) is 0.0924. The molecule has 1 heterocycles. The number of hydrogen-bond donors (Lipinski definition) is 0. The maximum atomic E-state index is 11.9. The van der Waals surface area contributed by atoms with Crippen LogP contribution in [0.3, 0.4) is 0 Å². The van der Waals surface area contributed by atoms with Crippen molar-refractivity contribution in [1.29, 1.82) is 0 Å². The molecule has 0 aromatic carbocycles. The van der Waals surface area contributed by atoms with E-state index in [-0.39, 0.29) is 12.4 Å². The first-order valence-corrected chi connectivity index (χ1v) is 6.73. The first-order valence-electron chi connectivity index (χ1n) is 5.91. The van der Waals surface area contributed by atoms with Crippen LogP contribution in [-0.4, -0.2) is 30.5 Å². The van der Waals surface area contributed by atoms with Crippen molar-refractivity contribution in [1.82, 2.24) is 4.98 Å². The molecule has 0 bridgehead atoms. The number of carbonyl (C=O) groups excluding carboxylic acids is 2. The standard InChI is InChI=1S/C13H19NO4S/c1-8-11(19-10(14-8)7-17-5)12(16)18-6-9(15)13(2,3)4/h6-7H2,1-5H3. The molecular formula is C13H19NO4S. The molecule has 0 amide bonds. The highest BCUT2D eigenvalue weighted by atomic mass is 32.1. The lowest BCUT2D eigenvalue weighted by atomic mass is 9.91. The molecule has 0 atom stereocenters. The normalized spacial score (nSPS) is 11.4. The van der Waals surface area contributed by atoms with Crippen LogP contribution in [0.1, 0.15) is 41.1 Å². The molecular weight excluding hydrogens is 266 g/mol. The zero-order chi connectivity index (χ0) is 14.6. The Morgan fingerprint density at radius 2 is 1.95 bits per heavy atom. The van der Waals surface area contributed by atoms with E-state index >= 15 is 0 Å². The Kier molecular flexibility index (Phi) is 5.20. The zero-order valence-electron chi connectivity index (χ0n) is 11.9. The van der Waals surface area contributed by atoms with Crippen molar-refractivity contribution in [3.8, 4) is 0 Å². The quantitative estimate of drug-likeness (QED) is 0.777. The van der Waals surface area contributed by atoms with Gasteiger partial charge in [0.2, 0.25) is 0 Å². The number of hydrogen-bond acceptors (Lipinski definition) is 6.